The van der Waals surface area contributed by atoms with Crippen LogP contribution in [0.2, 0.25) is 0 Å². The smallest absolute Gasteiger partial charge is 0.332 e. The van der Waals surface area contributed by atoms with E-state index >= 15 is 0 Å². The molecule has 1 atom stereocenters. The maximum atomic E-state index is 12.9. The van der Waals surface area contributed by atoms with Crippen molar-refractivity contribution in [2.45, 2.75) is 52.2 Å². The Hall–Kier alpha value is -2.97. The van der Waals surface area contributed by atoms with E-state index in [2.05, 4.69) is 29.1 Å². The molecule has 3 aromatic heterocycles. The zero-order valence-corrected chi connectivity index (χ0v) is 16.2. The lowest BCUT2D eigenvalue weighted by atomic mass is 10.1. The van der Waals surface area contributed by atoms with E-state index in [4.69, 9.17) is 0 Å². The minimum atomic E-state index is -0.224. The number of aromatic nitrogens is 6. The molecule has 0 saturated carbocycles. The molecule has 148 valence electrons. The van der Waals surface area contributed by atoms with Crippen LogP contribution in [0.25, 0.3) is 5.65 Å². The zero-order valence-electron chi connectivity index (χ0n) is 16.2. The SMILES string of the molecule is CC(C)Cn1cnnc1C1CCCN1C(=O)CCn1nc2ccccn2c1=O. The maximum Gasteiger partial charge on any atom is 0.350 e. The van der Waals surface area contributed by atoms with Crippen LogP contribution in [0, 0.1) is 5.92 Å². The summed E-state index contributed by atoms with van der Waals surface area (Å²) in [6.07, 6.45) is 5.49. The van der Waals surface area contributed by atoms with Crippen molar-refractivity contribution in [1.82, 2.24) is 33.8 Å². The van der Waals surface area contributed by atoms with Gasteiger partial charge in [-0.15, -0.1) is 15.3 Å². The summed E-state index contributed by atoms with van der Waals surface area (Å²) in [6.45, 7) is 6.10. The number of hydrogen-bond acceptors (Lipinski definition) is 5. The zero-order chi connectivity index (χ0) is 19.7. The van der Waals surface area contributed by atoms with Crippen LogP contribution in [0.3, 0.4) is 0 Å². The second kappa shape index (κ2) is 7.57. The van der Waals surface area contributed by atoms with E-state index in [9.17, 15) is 9.59 Å². The van der Waals surface area contributed by atoms with Gasteiger partial charge < -0.3 is 9.47 Å². The van der Waals surface area contributed by atoms with E-state index in [1.165, 1.54) is 9.08 Å². The van der Waals surface area contributed by atoms with Gasteiger partial charge in [0.15, 0.2) is 11.5 Å². The molecule has 0 bridgehead atoms. The molecular weight excluding hydrogens is 358 g/mol. The van der Waals surface area contributed by atoms with Crippen molar-refractivity contribution in [3.05, 3.63) is 47.0 Å². The topological polar surface area (TPSA) is 90.3 Å². The Morgan fingerprint density at radius 1 is 1.32 bits per heavy atom. The molecule has 4 rings (SSSR count). The monoisotopic (exact) mass is 383 g/mol. The fourth-order valence-electron chi connectivity index (χ4n) is 3.85. The summed E-state index contributed by atoms with van der Waals surface area (Å²) in [6, 6.07) is 5.34. The lowest BCUT2D eigenvalue weighted by molar-refractivity contribution is -0.132. The van der Waals surface area contributed by atoms with E-state index < -0.39 is 0 Å². The summed E-state index contributed by atoms with van der Waals surface area (Å²) in [4.78, 5) is 27.2. The van der Waals surface area contributed by atoms with Gasteiger partial charge >= 0.3 is 5.69 Å². The average Bonchev–Trinajstić information content (AvgIpc) is 3.38. The van der Waals surface area contributed by atoms with Gasteiger partial charge in [-0.2, -0.15) is 0 Å². The predicted octanol–water partition coefficient (Wildman–Crippen LogP) is 1.50. The number of aryl methyl sites for hydroxylation is 1. The standard InChI is InChI=1S/C19H25N7O2/c1-14(2)12-23-13-20-21-18(23)15-6-5-10-24(15)17(27)8-11-26-19(28)25-9-4-3-7-16(25)22-26/h3-4,7,9,13-15H,5-6,8,10-12H2,1-2H3. The number of carbonyl (C=O) groups is 1. The average molecular weight is 383 g/mol. The van der Waals surface area contributed by atoms with Crippen molar-refractivity contribution >= 4 is 11.6 Å². The van der Waals surface area contributed by atoms with Crippen LogP contribution in [-0.4, -0.2) is 46.3 Å². The lowest BCUT2D eigenvalue weighted by Gasteiger charge is -2.25. The first kappa shape index (κ1) is 18.4. The van der Waals surface area contributed by atoms with Gasteiger partial charge in [0, 0.05) is 25.7 Å². The fraction of sp³-hybridized carbons (Fsp3) is 0.526. The number of nitrogens with zero attached hydrogens (tertiary/aromatic N) is 7. The number of likely N-dealkylation sites (tertiary alicyclic amines) is 1. The predicted molar refractivity (Wildman–Crippen MR) is 103 cm³/mol. The van der Waals surface area contributed by atoms with Crippen molar-refractivity contribution in [3.63, 3.8) is 0 Å². The summed E-state index contributed by atoms with van der Waals surface area (Å²) in [5, 5.41) is 12.6. The van der Waals surface area contributed by atoms with Gasteiger partial charge in [-0.1, -0.05) is 19.9 Å². The molecule has 1 unspecified atom stereocenters. The van der Waals surface area contributed by atoms with Crippen LogP contribution in [0.5, 0.6) is 0 Å². The van der Waals surface area contributed by atoms with Gasteiger partial charge in [0.05, 0.1) is 12.6 Å². The van der Waals surface area contributed by atoms with E-state index in [0.29, 0.717) is 18.1 Å². The number of hydrogen-bond donors (Lipinski definition) is 0. The number of fused-ring (bicyclic) bond motifs is 1. The molecule has 3 aromatic rings. The number of carbonyl (C=O) groups excluding carboxylic acids is 1. The van der Waals surface area contributed by atoms with Crippen LogP contribution >= 0.6 is 0 Å². The van der Waals surface area contributed by atoms with Crippen LogP contribution in [0.4, 0.5) is 0 Å². The third-order valence-electron chi connectivity index (χ3n) is 5.10. The molecule has 0 N–H and O–H groups in total. The number of rotatable bonds is 6. The molecule has 0 aromatic carbocycles. The van der Waals surface area contributed by atoms with Crippen LogP contribution in [0.1, 0.15) is 45.0 Å². The molecule has 0 spiro atoms. The minimum absolute atomic E-state index is 0.0190. The van der Waals surface area contributed by atoms with Gasteiger partial charge in [-0.25, -0.2) is 9.48 Å². The third-order valence-corrected chi connectivity index (χ3v) is 5.10. The molecule has 1 aliphatic heterocycles. The largest absolute Gasteiger partial charge is 0.350 e. The molecule has 1 saturated heterocycles. The molecule has 1 aliphatic rings. The molecule has 1 fully saturated rings. The van der Waals surface area contributed by atoms with Crippen LogP contribution in [0.15, 0.2) is 35.5 Å². The number of amides is 1. The second-order valence-corrected chi connectivity index (χ2v) is 7.67. The molecular formula is C19H25N7O2. The molecule has 9 heteroatoms. The third kappa shape index (κ3) is 3.44. The highest BCUT2D eigenvalue weighted by molar-refractivity contribution is 5.76. The van der Waals surface area contributed by atoms with Crippen LogP contribution in [-0.2, 0) is 17.9 Å². The lowest BCUT2D eigenvalue weighted by Crippen LogP contribution is -2.33. The van der Waals surface area contributed by atoms with E-state index in [1.807, 2.05) is 15.5 Å². The van der Waals surface area contributed by atoms with Gasteiger partial charge in [-0.05, 0) is 30.9 Å². The van der Waals surface area contributed by atoms with Crippen LogP contribution < -0.4 is 5.69 Å². The van der Waals surface area contributed by atoms with Crippen molar-refractivity contribution in [1.29, 1.82) is 0 Å². The van der Waals surface area contributed by atoms with Crippen molar-refractivity contribution in [3.8, 4) is 0 Å². The highest BCUT2D eigenvalue weighted by Crippen LogP contribution is 2.31. The molecule has 9 nitrogen and oxygen atoms in total. The first-order valence-corrected chi connectivity index (χ1v) is 9.76. The molecule has 1 amide bonds. The Morgan fingerprint density at radius 2 is 2.18 bits per heavy atom. The minimum Gasteiger partial charge on any atom is -0.332 e. The summed E-state index contributed by atoms with van der Waals surface area (Å²) in [7, 11) is 0. The van der Waals surface area contributed by atoms with Gasteiger partial charge in [-0.3, -0.25) is 9.20 Å². The highest BCUT2D eigenvalue weighted by atomic mass is 16.2. The Bertz CT molecular complexity index is 1030. The maximum absolute atomic E-state index is 12.9. The number of pyridine rings is 1. The van der Waals surface area contributed by atoms with Crippen molar-refractivity contribution in [2.75, 3.05) is 6.54 Å². The van der Waals surface area contributed by atoms with E-state index in [1.54, 1.807) is 24.7 Å². The Morgan fingerprint density at radius 3 is 2.96 bits per heavy atom. The molecule has 0 aliphatic carbocycles. The van der Waals surface area contributed by atoms with E-state index in [-0.39, 0.29) is 30.6 Å². The Balaban J connectivity index is 1.47. The second-order valence-electron chi connectivity index (χ2n) is 7.67. The van der Waals surface area contributed by atoms with Crippen molar-refractivity contribution < 1.29 is 4.79 Å². The normalized spacial score (nSPS) is 17.1. The highest BCUT2D eigenvalue weighted by Gasteiger charge is 2.33. The van der Waals surface area contributed by atoms with Gasteiger partial charge in [0.25, 0.3) is 0 Å². The molecule has 0 radical (unpaired) electrons. The Labute approximate surface area is 162 Å². The Kier molecular flexibility index (Phi) is 4.97. The quantitative estimate of drug-likeness (QED) is 0.643. The first-order chi connectivity index (χ1) is 13.5. The summed E-state index contributed by atoms with van der Waals surface area (Å²) < 4.78 is 4.89. The summed E-state index contributed by atoms with van der Waals surface area (Å²) >= 11 is 0. The van der Waals surface area contributed by atoms with E-state index in [0.717, 1.165) is 25.2 Å². The van der Waals surface area contributed by atoms with Gasteiger partial charge in [0.2, 0.25) is 5.91 Å². The van der Waals surface area contributed by atoms with Gasteiger partial charge in [0.1, 0.15) is 6.33 Å². The summed E-state index contributed by atoms with van der Waals surface area (Å²) in [5.41, 5.74) is 0.360. The molecule has 4 heterocycles. The molecule has 28 heavy (non-hydrogen) atoms. The van der Waals surface area contributed by atoms with Crippen molar-refractivity contribution in [2.24, 2.45) is 5.92 Å². The summed E-state index contributed by atoms with van der Waals surface area (Å²) in [5.74, 6) is 1.34. The first-order valence-electron chi connectivity index (χ1n) is 9.76. The fourth-order valence-corrected chi connectivity index (χ4v) is 3.85.